The van der Waals surface area contributed by atoms with Crippen molar-refractivity contribution in [3.05, 3.63) is 70.8 Å². The third-order valence-electron chi connectivity index (χ3n) is 3.66. The first-order valence-electron chi connectivity index (χ1n) is 7.73. The smallest absolute Gasteiger partial charge is 0.372 e. The number of hydrogen-bond acceptors (Lipinski definition) is 2. The van der Waals surface area contributed by atoms with E-state index in [1.165, 1.54) is 5.56 Å². The lowest BCUT2D eigenvalue weighted by Gasteiger charge is -2.18. The molecule has 0 saturated carbocycles. The number of hydrogen-bond donors (Lipinski definition) is 1. The van der Waals surface area contributed by atoms with E-state index in [2.05, 4.69) is 44.7 Å². The molecule has 3 nitrogen and oxygen atoms in total. The number of ketones is 1. The second-order valence-corrected chi connectivity index (χ2v) is 6.68. The molecule has 0 atom stereocenters. The van der Waals surface area contributed by atoms with Gasteiger partial charge in [-0.1, -0.05) is 56.9 Å². The first kappa shape index (κ1) is 17.5. The molecule has 0 fully saturated rings. The molecule has 0 spiro atoms. The Bertz CT molecular complexity index is 795. The van der Waals surface area contributed by atoms with E-state index in [0.29, 0.717) is 5.56 Å². The Morgan fingerprint density at radius 1 is 0.875 bits per heavy atom. The molecule has 0 aliphatic carbocycles. The van der Waals surface area contributed by atoms with Gasteiger partial charge >= 0.3 is 5.97 Å². The highest BCUT2D eigenvalue weighted by Gasteiger charge is 2.12. The molecule has 2 aromatic rings. The molecule has 0 saturated heterocycles. The van der Waals surface area contributed by atoms with Crippen molar-refractivity contribution in [2.45, 2.75) is 32.6 Å². The molecule has 0 aliphatic heterocycles. The van der Waals surface area contributed by atoms with Crippen LogP contribution in [0.2, 0.25) is 0 Å². The molecule has 0 aromatic heterocycles. The summed E-state index contributed by atoms with van der Waals surface area (Å²) in [6.45, 7) is 6.51. The van der Waals surface area contributed by atoms with Gasteiger partial charge in [0.05, 0.1) is 0 Å². The maximum absolute atomic E-state index is 11.2. The van der Waals surface area contributed by atoms with Crippen LogP contribution < -0.4 is 0 Å². The van der Waals surface area contributed by atoms with Gasteiger partial charge < -0.3 is 5.11 Å². The van der Waals surface area contributed by atoms with Gasteiger partial charge in [-0.3, -0.25) is 4.79 Å². The fourth-order valence-electron chi connectivity index (χ4n) is 2.16. The summed E-state index contributed by atoms with van der Waals surface area (Å²) in [7, 11) is 0. The lowest BCUT2D eigenvalue weighted by Crippen LogP contribution is -2.14. The summed E-state index contributed by atoms with van der Waals surface area (Å²) < 4.78 is 0. The van der Waals surface area contributed by atoms with Gasteiger partial charge in [0.15, 0.2) is 0 Å². The third-order valence-corrected chi connectivity index (χ3v) is 3.66. The van der Waals surface area contributed by atoms with Gasteiger partial charge in [-0.15, -0.1) is 0 Å². The number of Topliss-reactive ketones (excluding diaryl/α,β-unsaturated/α-hetero) is 1. The van der Waals surface area contributed by atoms with Gasteiger partial charge in [0, 0.05) is 17.5 Å². The Labute approximate surface area is 142 Å². The van der Waals surface area contributed by atoms with E-state index in [1.807, 2.05) is 12.1 Å². The molecule has 0 unspecified atom stereocenters. The highest BCUT2D eigenvalue weighted by atomic mass is 16.4. The minimum atomic E-state index is -1.41. The van der Waals surface area contributed by atoms with Gasteiger partial charge in [-0.05, 0) is 40.8 Å². The van der Waals surface area contributed by atoms with Gasteiger partial charge in [0.25, 0.3) is 0 Å². The van der Waals surface area contributed by atoms with Crippen molar-refractivity contribution in [3.8, 4) is 11.8 Å². The van der Waals surface area contributed by atoms with Crippen LogP contribution >= 0.6 is 0 Å². The van der Waals surface area contributed by atoms with Crippen molar-refractivity contribution in [2.75, 3.05) is 0 Å². The van der Waals surface area contributed by atoms with Crippen LogP contribution in [0.25, 0.3) is 0 Å². The molecule has 0 heterocycles. The topological polar surface area (TPSA) is 54.4 Å². The fraction of sp³-hybridized carbons (Fsp3) is 0.238. The third kappa shape index (κ3) is 4.82. The Balaban J connectivity index is 2.08. The number of carboxylic acid groups (broad SMARTS) is 1. The molecule has 2 rings (SSSR count). The van der Waals surface area contributed by atoms with E-state index < -0.39 is 11.8 Å². The molecule has 0 radical (unpaired) electrons. The van der Waals surface area contributed by atoms with Crippen LogP contribution in [0.3, 0.4) is 0 Å². The molecular weight excluding hydrogens is 300 g/mol. The monoisotopic (exact) mass is 320 g/mol. The van der Waals surface area contributed by atoms with Crippen LogP contribution in [-0.2, 0) is 21.4 Å². The zero-order valence-electron chi connectivity index (χ0n) is 14.1. The highest BCUT2D eigenvalue weighted by Crippen LogP contribution is 2.21. The second kappa shape index (κ2) is 7.14. The van der Waals surface area contributed by atoms with Crippen LogP contribution in [-0.4, -0.2) is 16.9 Å². The standard InChI is InChI=1S/C21H20O3/c1-21(2,3)18-12-10-16(11-13-18)5-4-15-6-8-17(9-7-15)14-19(22)20(23)24/h6-13H,14H2,1-3H3,(H,23,24). The number of carbonyl (C=O) groups excluding carboxylic acids is 1. The zero-order valence-corrected chi connectivity index (χ0v) is 14.1. The van der Waals surface area contributed by atoms with Crippen molar-refractivity contribution in [1.29, 1.82) is 0 Å². The molecule has 1 N–H and O–H groups in total. The Kier molecular flexibility index (Phi) is 5.21. The van der Waals surface area contributed by atoms with Crippen molar-refractivity contribution in [1.82, 2.24) is 0 Å². The van der Waals surface area contributed by atoms with Gasteiger partial charge in [-0.2, -0.15) is 0 Å². The van der Waals surface area contributed by atoms with Crippen molar-refractivity contribution in [2.24, 2.45) is 0 Å². The van der Waals surface area contributed by atoms with E-state index in [4.69, 9.17) is 5.11 Å². The lowest BCUT2D eigenvalue weighted by atomic mass is 9.87. The van der Waals surface area contributed by atoms with E-state index in [1.54, 1.807) is 24.3 Å². The predicted octanol–water partition coefficient (Wildman–Crippen LogP) is 3.58. The average Bonchev–Trinajstić information content (AvgIpc) is 2.53. The van der Waals surface area contributed by atoms with Crippen LogP contribution in [0.15, 0.2) is 48.5 Å². The zero-order chi connectivity index (χ0) is 17.7. The summed E-state index contributed by atoms with van der Waals surface area (Å²) in [5, 5.41) is 8.61. The molecule has 2 aromatic carbocycles. The normalized spacial score (nSPS) is 10.6. The number of aliphatic carboxylic acids is 1. The summed E-state index contributed by atoms with van der Waals surface area (Å²) >= 11 is 0. The molecule has 0 amide bonds. The Hall–Kier alpha value is -2.86. The summed E-state index contributed by atoms with van der Waals surface area (Å²) in [6, 6.07) is 15.2. The van der Waals surface area contributed by atoms with Crippen molar-refractivity contribution < 1.29 is 14.7 Å². The van der Waals surface area contributed by atoms with Crippen LogP contribution in [0.4, 0.5) is 0 Å². The number of carbonyl (C=O) groups is 2. The molecule has 3 heteroatoms. The van der Waals surface area contributed by atoms with Gasteiger partial charge in [0.1, 0.15) is 0 Å². The SMILES string of the molecule is CC(C)(C)c1ccc(C#Cc2ccc(CC(=O)C(=O)O)cc2)cc1. The number of rotatable bonds is 3. The maximum atomic E-state index is 11.2. The molecule has 0 aliphatic rings. The average molecular weight is 320 g/mol. The quantitative estimate of drug-likeness (QED) is 0.695. The van der Waals surface area contributed by atoms with Crippen molar-refractivity contribution in [3.63, 3.8) is 0 Å². The summed E-state index contributed by atoms with van der Waals surface area (Å²) in [4.78, 5) is 21.7. The van der Waals surface area contributed by atoms with Crippen LogP contribution in [0.1, 0.15) is 43.0 Å². The first-order chi connectivity index (χ1) is 11.3. The molecule has 24 heavy (non-hydrogen) atoms. The molecule has 0 bridgehead atoms. The minimum absolute atomic E-state index is 0.0999. The summed E-state index contributed by atoms with van der Waals surface area (Å²) in [6.07, 6.45) is -0.0999. The molecule has 122 valence electrons. The van der Waals surface area contributed by atoms with Crippen LogP contribution in [0.5, 0.6) is 0 Å². The predicted molar refractivity (Wildman–Crippen MR) is 93.9 cm³/mol. The summed E-state index contributed by atoms with van der Waals surface area (Å²) in [5.41, 5.74) is 3.81. The van der Waals surface area contributed by atoms with Crippen molar-refractivity contribution >= 4 is 11.8 Å². The second-order valence-electron chi connectivity index (χ2n) is 6.68. The lowest BCUT2D eigenvalue weighted by molar-refractivity contribution is -0.148. The Morgan fingerprint density at radius 3 is 1.75 bits per heavy atom. The highest BCUT2D eigenvalue weighted by molar-refractivity contribution is 6.33. The largest absolute Gasteiger partial charge is 0.475 e. The van der Waals surface area contributed by atoms with Crippen LogP contribution in [0, 0.1) is 11.8 Å². The van der Waals surface area contributed by atoms with E-state index in [0.717, 1.165) is 11.1 Å². The number of benzene rings is 2. The van der Waals surface area contributed by atoms with E-state index in [9.17, 15) is 9.59 Å². The minimum Gasteiger partial charge on any atom is -0.475 e. The molecular formula is C21H20O3. The number of carboxylic acids is 1. The van der Waals surface area contributed by atoms with E-state index in [-0.39, 0.29) is 11.8 Å². The summed E-state index contributed by atoms with van der Waals surface area (Å²) in [5.74, 6) is 3.96. The maximum Gasteiger partial charge on any atom is 0.372 e. The van der Waals surface area contributed by atoms with Gasteiger partial charge in [-0.25, -0.2) is 4.79 Å². The van der Waals surface area contributed by atoms with Gasteiger partial charge in [0.2, 0.25) is 5.78 Å². The van der Waals surface area contributed by atoms with E-state index >= 15 is 0 Å². The first-order valence-corrected chi connectivity index (χ1v) is 7.73. The Morgan fingerprint density at radius 2 is 1.33 bits per heavy atom. The fourth-order valence-corrected chi connectivity index (χ4v) is 2.16.